The molecule has 6 nitrogen and oxygen atoms in total. The van der Waals surface area contributed by atoms with Gasteiger partial charge in [0.15, 0.2) is 0 Å². The second-order valence-electron chi connectivity index (χ2n) is 7.38. The summed E-state index contributed by atoms with van der Waals surface area (Å²) in [6.45, 7) is 3.84. The van der Waals surface area contributed by atoms with Crippen molar-refractivity contribution in [1.82, 2.24) is 0 Å². The molecule has 0 saturated heterocycles. The molecule has 0 atom stereocenters. The first-order chi connectivity index (χ1) is 15.0. The lowest BCUT2D eigenvalue weighted by Crippen LogP contribution is -2.38. The molecule has 4 rings (SSSR count). The molecule has 0 radical (unpaired) electrons. The van der Waals surface area contributed by atoms with E-state index in [-0.39, 0.29) is 24.9 Å². The Morgan fingerprint density at radius 3 is 2.68 bits per heavy atom. The Morgan fingerprint density at radius 1 is 1.16 bits per heavy atom. The second-order valence-corrected chi connectivity index (χ2v) is 8.27. The largest absolute Gasteiger partial charge is 0.497 e. The average molecular weight is 434 g/mol. The molecule has 0 aliphatic carbocycles. The number of fused-ring (bicyclic) bond motifs is 1. The zero-order chi connectivity index (χ0) is 22.0. The van der Waals surface area contributed by atoms with Crippen LogP contribution < -0.4 is 15.0 Å². The van der Waals surface area contributed by atoms with Gasteiger partial charge in [-0.3, -0.25) is 19.5 Å². The number of aliphatic imine (C=N–C) groups is 1. The molecule has 1 aromatic heterocycles. The van der Waals surface area contributed by atoms with Gasteiger partial charge in [0.25, 0.3) is 0 Å². The van der Waals surface area contributed by atoms with Crippen LogP contribution in [0.4, 0.5) is 10.7 Å². The van der Waals surface area contributed by atoms with Gasteiger partial charge in [-0.2, -0.15) is 0 Å². The van der Waals surface area contributed by atoms with Crippen molar-refractivity contribution < 1.29 is 14.3 Å². The predicted molar refractivity (Wildman–Crippen MR) is 125 cm³/mol. The normalized spacial score (nSPS) is 13.3. The summed E-state index contributed by atoms with van der Waals surface area (Å²) in [5.74, 6) is 0.307. The van der Waals surface area contributed by atoms with Crippen LogP contribution in [0.5, 0.6) is 5.75 Å². The van der Waals surface area contributed by atoms with Crippen molar-refractivity contribution >= 4 is 39.6 Å². The number of methoxy groups -OCH3 is 1. The number of carbonyl (C=O) groups excluding carboxylic acids is 2. The number of ether oxygens (including phenoxy) is 1. The molecule has 0 spiro atoms. The first kappa shape index (κ1) is 20.8. The summed E-state index contributed by atoms with van der Waals surface area (Å²) < 4.78 is 5.23. The van der Waals surface area contributed by atoms with E-state index in [0.717, 1.165) is 44.4 Å². The van der Waals surface area contributed by atoms with Crippen LogP contribution in [0, 0.1) is 13.8 Å². The molecule has 2 heterocycles. The van der Waals surface area contributed by atoms with Gasteiger partial charge in [0, 0.05) is 16.8 Å². The number of benzene rings is 2. The van der Waals surface area contributed by atoms with Gasteiger partial charge in [0.1, 0.15) is 23.8 Å². The summed E-state index contributed by atoms with van der Waals surface area (Å²) in [5, 5.41) is 5.58. The molecule has 3 aromatic rings. The number of rotatable bonds is 5. The van der Waals surface area contributed by atoms with Crippen LogP contribution in [0.15, 0.2) is 58.9 Å². The van der Waals surface area contributed by atoms with Crippen LogP contribution in [0.1, 0.15) is 22.3 Å². The average Bonchev–Trinajstić information content (AvgIpc) is 3.20. The van der Waals surface area contributed by atoms with Gasteiger partial charge in [-0.1, -0.05) is 12.1 Å². The highest BCUT2D eigenvalue weighted by atomic mass is 32.1. The van der Waals surface area contributed by atoms with Crippen molar-refractivity contribution in [3.8, 4) is 5.75 Å². The van der Waals surface area contributed by atoms with Crippen LogP contribution in [0.3, 0.4) is 0 Å². The summed E-state index contributed by atoms with van der Waals surface area (Å²) in [6, 6.07) is 15.4. The molecule has 2 aromatic carbocycles. The Kier molecular flexibility index (Phi) is 5.86. The summed E-state index contributed by atoms with van der Waals surface area (Å²) in [5.41, 5.74) is 5.28. The Labute approximate surface area is 185 Å². The molecule has 2 amide bonds. The van der Waals surface area contributed by atoms with Gasteiger partial charge in [0.2, 0.25) is 11.8 Å². The van der Waals surface area contributed by atoms with Gasteiger partial charge in [-0.25, -0.2) is 0 Å². The molecule has 31 heavy (non-hydrogen) atoms. The zero-order valence-electron chi connectivity index (χ0n) is 17.6. The Morgan fingerprint density at radius 2 is 1.94 bits per heavy atom. The minimum Gasteiger partial charge on any atom is -0.497 e. The number of thiophene rings is 1. The van der Waals surface area contributed by atoms with Crippen molar-refractivity contribution in [2.45, 2.75) is 13.8 Å². The molecule has 0 unspecified atom stereocenters. The van der Waals surface area contributed by atoms with Crippen LogP contribution in [-0.2, 0) is 9.59 Å². The molecule has 7 heteroatoms. The Hall–Kier alpha value is -3.45. The standard InChI is InChI=1S/C24H23N3O3S/c1-15-4-5-16(2)20(12-15)26-21(28)14-27-22(29)13-25-23(19-10-11-31-24(19)27)17-6-8-18(30-3)9-7-17/h4-12H,13-14H2,1-3H3,(H,26,28). The van der Waals surface area contributed by atoms with E-state index in [1.54, 1.807) is 7.11 Å². The highest BCUT2D eigenvalue weighted by Crippen LogP contribution is 2.32. The van der Waals surface area contributed by atoms with Crippen LogP contribution in [-0.4, -0.2) is 37.7 Å². The van der Waals surface area contributed by atoms with Gasteiger partial charge < -0.3 is 10.1 Å². The minimum absolute atomic E-state index is 0.0144. The molecule has 1 aliphatic heterocycles. The van der Waals surface area contributed by atoms with E-state index in [2.05, 4.69) is 10.3 Å². The first-order valence-electron chi connectivity index (χ1n) is 9.90. The predicted octanol–water partition coefficient (Wildman–Crippen LogP) is 4.20. The molecule has 1 aliphatic rings. The maximum Gasteiger partial charge on any atom is 0.249 e. The smallest absolute Gasteiger partial charge is 0.249 e. The first-order valence-corrected chi connectivity index (χ1v) is 10.8. The second kappa shape index (κ2) is 8.73. The highest BCUT2D eigenvalue weighted by molar-refractivity contribution is 7.15. The van der Waals surface area contributed by atoms with E-state index in [4.69, 9.17) is 4.74 Å². The zero-order valence-corrected chi connectivity index (χ0v) is 18.5. The third-order valence-corrected chi connectivity index (χ3v) is 6.09. The number of carbonyl (C=O) groups is 2. The Bertz CT molecular complexity index is 1170. The lowest BCUT2D eigenvalue weighted by atomic mass is 10.0. The van der Waals surface area contributed by atoms with E-state index in [0.29, 0.717) is 0 Å². The Balaban J connectivity index is 1.59. The topological polar surface area (TPSA) is 71.0 Å². The number of anilines is 2. The number of amides is 2. The van der Waals surface area contributed by atoms with Crippen LogP contribution >= 0.6 is 11.3 Å². The maximum atomic E-state index is 12.9. The fourth-order valence-electron chi connectivity index (χ4n) is 3.48. The highest BCUT2D eigenvalue weighted by Gasteiger charge is 2.28. The SMILES string of the molecule is COc1ccc(C2=NCC(=O)N(CC(=O)Nc3cc(C)ccc3C)c3sccc32)cc1. The third-order valence-electron chi connectivity index (χ3n) is 5.15. The van der Waals surface area contributed by atoms with Gasteiger partial charge in [-0.05, 0) is 66.8 Å². The van der Waals surface area contributed by atoms with Gasteiger partial charge in [0.05, 0.1) is 12.8 Å². The number of nitrogens with zero attached hydrogens (tertiary/aromatic N) is 2. The minimum atomic E-state index is -0.241. The molecule has 1 N–H and O–H groups in total. The van der Waals surface area contributed by atoms with E-state index in [1.807, 2.05) is 67.8 Å². The van der Waals surface area contributed by atoms with E-state index < -0.39 is 0 Å². The monoisotopic (exact) mass is 433 g/mol. The molecular formula is C24H23N3O3S. The van der Waals surface area contributed by atoms with Crippen molar-refractivity contribution in [3.63, 3.8) is 0 Å². The lowest BCUT2D eigenvalue weighted by Gasteiger charge is -2.20. The van der Waals surface area contributed by atoms with Gasteiger partial charge in [-0.15, -0.1) is 11.3 Å². The fourth-order valence-corrected chi connectivity index (χ4v) is 4.40. The third kappa shape index (κ3) is 4.36. The molecule has 0 bridgehead atoms. The van der Waals surface area contributed by atoms with Crippen molar-refractivity contribution in [1.29, 1.82) is 0 Å². The summed E-state index contributed by atoms with van der Waals surface area (Å²) >= 11 is 1.43. The van der Waals surface area contributed by atoms with E-state index in [9.17, 15) is 9.59 Å². The fraction of sp³-hybridized carbons (Fsp3) is 0.208. The van der Waals surface area contributed by atoms with Gasteiger partial charge >= 0.3 is 0 Å². The number of hydrogen-bond donors (Lipinski definition) is 1. The van der Waals surface area contributed by atoms with Crippen LogP contribution in [0.25, 0.3) is 0 Å². The van der Waals surface area contributed by atoms with Crippen LogP contribution in [0.2, 0.25) is 0 Å². The number of hydrogen-bond acceptors (Lipinski definition) is 5. The van der Waals surface area contributed by atoms with Crippen molar-refractivity contribution in [3.05, 3.63) is 76.2 Å². The quantitative estimate of drug-likeness (QED) is 0.656. The molecule has 0 saturated carbocycles. The summed E-state index contributed by atoms with van der Waals surface area (Å²) in [4.78, 5) is 31.8. The molecular weight excluding hydrogens is 410 g/mol. The summed E-state index contributed by atoms with van der Waals surface area (Å²) in [7, 11) is 1.62. The van der Waals surface area contributed by atoms with E-state index in [1.165, 1.54) is 16.2 Å². The number of aryl methyl sites for hydroxylation is 2. The summed E-state index contributed by atoms with van der Waals surface area (Å²) in [6.07, 6.45) is 0. The van der Waals surface area contributed by atoms with Crippen molar-refractivity contribution in [2.75, 3.05) is 30.4 Å². The molecule has 0 fully saturated rings. The number of nitrogens with one attached hydrogen (secondary N) is 1. The maximum absolute atomic E-state index is 12.9. The molecule has 158 valence electrons. The van der Waals surface area contributed by atoms with Crippen molar-refractivity contribution in [2.24, 2.45) is 4.99 Å². The van der Waals surface area contributed by atoms with E-state index >= 15 is 0 Å². The lowest BCUT2D eigenvalue weighted by molar-refractivity contribution is -0.120.